The average Bonchev–Trinajstić information content (AvgIpc) is 2.89. The smallest absolute Gasteiger partial charge is 0.255 e. The van der Waals surface area contributed by atoms with Gasteiger partial charge in [-0.05, 0) is 36.9 Å². The van der Waals surface area contributed by atoms with Gasteiger partial charge in [0.2, 0.25) is 11.8 Å². The van der Waals surface area contributed by atoms with Crippen LogP contribution in [0.1, 0.15) is 48.2 Å². The van der Waals surface area contributed by atoms with Gasteiger partial charge in [-0.1, -0.05) is 25.1 Å². The first-order valence-corrected chi connectivity index (χ1v) is 10.1. The predicted octanol–water partition coefficient (Wildman–Crippen LogP) is 0.877. The van der Waals surface area contributed by atoms with Gasteiger partial charge >= 0.3 is 0 Å². The highest BCUT2D eigenvalue weighted by Crippen LogP contribution is 2.31. The number of carbonyl (C=O) groups is 3. The zero-order valence-corrected chi connectivity index (χ0v) is 16.5. The Morgan fingerprint density at radius 3 is 2.75 bits per heavy atom. The Hall–Kier alpha value is -2.25. The molecule has 0 spiro atoms. The fourth-order valence-electron chi connectivity index (χ4n) is 4.57. The van der Waals surface area contributed by atoms with Crippen molar-refractivity contribution in [1.29, 1.82) is 0 Å². The van der Waals surface area contributed by atoms with Gasteiger partial charge in [-0.25, -0.2) is 0 Å². The van der Waals surface area contributed by atoms with Crippen LogP contribution in [0.3, 0.4) is 0 Å². The number of hydrogen-bond acceptors (Lipinski definition) is 5. The van der Waals surface area contributed by atoms with E-state index in [-0.39, 0.29) is 24.1 Å². The van der Waals surface area contributed by atoms with Gasteiger partial charge in [0.25, 0.3) is 5.91 Å². The monoisotopic (exact) mass is 384 g/mol. The molecule has 3 aliphatic heterocycles. The Labute approximate surface area is 165 Å². The van der Waals surface area contributed by atoms with Gasteiger partial charge in [-0.3, -0.25) is 24.6 Å². The third-order valence-corrected chi connectivity index (χ3v) is 6.11. The molecule has 0 bridgehead atoms. The normalized spacial score (nSPS) is 28.9. The summed E-state index contributed by atoms with van der Waals surface area (Å²) < 4.78 is 0. The molecule has 2 fully saturated rings. The molecule has 0 radical (unpaired) electrons. The third-order valence-electron chi connectivity index (χ3n) is 6.11. The van der Waals surface area contributed by atoms with Crippen molar-refractivity contribution in [2.45, 2.75) is 51.9 Å². The Morgan fingerprint density at radius 2 is 1.96 bits per heavy atom. The van der Waals surface area contributed by atoms with Gasteiger partial charge in [0, 0.05) is 44.2 Å². The average molecular weight is 384 g/mol. The minimum atomic E-state index is -0.563. The van der Waals surface area contributed by atoms with Gasteiger partial charge in [0.1, 0.15) is 6.04 Å². The van der Waals surface area contributed by atoms with E-state index in [1.807, 2.05) is 18.2 Å². The summed E-state index contributed by atoms with van der Waals surface area (Å²) in [6.45, 7) is 8.55. The molecule has 28 heavy (non-hydrogen) atoms. The van der Waals surface area contributed by atoms with Crippen LogP contribution in [-0.4, -0.2) is 59.2 Å². The minimum Gasteiger partial charge on any atom is -0.322 e. The third kappa shape index (κ3) is 3.56. The lowest BCUT2D eigenvalue weighted by molar-refractivity contribution is -0.136. The molecule has 0 aromatic heterocycles. The molecule has 150 valence electrons. The van der Waals surface area contributed by atoms with Crippen LogP contribution in [0.2, 0.25) is 0 Å². The number of hydrogen-bond donors (Lipinski definition) is 2. The van der Waals surface area contributed by atoms with E-state index < -0.39 is 6.04 Å². The zero-order valence-electron chi connectivity index (χ0n) is 16.5. The van der Waals surface area contributed by atoms with Crippen LogP contribution in [0, 0.1) is 5.92 Å². The van der Waals surface area contributed by atoms with Crippen molar-refractivity contribution in [2.75, 3.05) is 19.6 Å². The molecule has 3 unspecified atom stereocenters. The van der Waals surface area contributed by atoms with Crippen LogP contribution < -0.4 is 10.6 Å². The zero-order chi connectivity index (χ0) is 19.8. The van der Waals surface area contributed by atoms with E-state index in [0.29, 0.717) is 24.9 Å². The Morgan fingerprint density at radius 1 is 1.14 bits per heavy atom. The van der Waals surface area contributed by atoms with E-state index in [0.717, 1.165) is 42.9 Å². The summed E-state index contributed by atoms with van der Waals surface area (Å²) in [5.74, 6) is -0.157. The summed E-state index contributed by atoms with van der Waals surface area (Å²) in [5, 5.41) is 5.86. The Kier molecular flexibility index (Phi) is 5.21. The van der Waals surface area contributed by atoms with Gasteiger partial charge in [0.15, 0.2) is 0 Å². The summed E-state index contributed by atoms with van der Waals surface area (Å²) in [6.07, 6.45) is 0.672. The van der Waals surface area contributed by atoms with Gasteiger partial charge in [0.05, 0.1) is 0 Å². The summed E-state index contributed by atoms with van der Waals surface area (Å²) in [7, 11) is 0. The second-order valence-electron chi connectivity index (χ2n) is 8.39. The fourth-order valence-corrected chi connectivity index (χ4v) is 4.57. The first kappa shape index (κ1) is 19.1. The highest BCUT2D eigenvalue weighted by molar-refractivity contribution is 6.05. The van der Waals surface area contributed by atoms with Gasteiger partial charge < -0.3 is 10.2 Å². The van der Waals surface area contributed by atoms with E-state index in [1.54, 1.807) is 4.90 Å². The van der Waals surface area contributed by atoms with Crippen LogP contribution in [0.25, 0.3) is 0 Å². The van der Waals surface area contributed by atoms with Crippen molar-refractivity contribution in [3.63, 3.8) is 0 Å². The molecule has 7 heteroatoms. The minimum absolute atomic E-state index is 0.0891. The number of carbonyl (C=O) groups excluding carboxylic acids is 3. The number of nitrogens with zero attached hydrogens (tertiary/aromatic N) is 2. The maximum Gasteiger partial charge on any atom is 0.255 e. The summed E-state index contributed by atoms with van der Waals surface area (Å²) in [5.41, 5.74) is 2.74. The summed E-state index contributed by atoms with van der Waals surface area (Å²) in [4.78, 5) is 41.0. The molecule has 2 N–H and O–H groups in total. The van der Waals surface area contributed by atoms with Crippen LogP contribution in [0.15, 0.2) is 18.2 Å². The molecule has 0 aliphatic carbocycles. The van der Waals surface area contributed by atoms with Crippen molar-refractivity contribution in [2.24, 2.45) is 5.92 Å². The Balaban J connectivity index is 1.56. The number of nitrogens with one attached hydrogen (secondary N) is 2. The fraction of sp³-hybridized carbons (Fsp3) is 0.571. The lowest BCUT2D eigenvalue weighted by Gasteiger charge is -2.30. The van der Waals surface area contributed by atoms with Crippen LogP contribution in [0.5, 0.6) is 0 Å². The number of fused-ring (bicyclic) bond motifs is 1. The molecule has 7 nitrogen and oxygen atoms in total. The molecule has 3 atom stereocenters. The van der Waals surface area contributed by atoms with Crippen molar-refractivity contribution < 1.29 is 14.4 Å². The second-order valence-corrected chi connectivity index (χ2v) is 8.39. The highest BCUT2D eigenvalue weighted by Gasteiger charge is 2.40. The van der Waals surface area contributed by atoms with E-state index in [2.05, 4.69) is 29.4 Å². The van der Waals surface area contributed by atoms with Crippen molar-refractivity contribution in [3.8, 4) is 0 Å². The molecule has 0 saturated carbocycles. The van der Waals surface area contributed by atoms with E-state index >= 15 is 0 Å². The number of benzene rings is 1. The topological polar surface area (TPSA) is 81.8 Å². The first-order valence-electron chi connectivity index (χ1n) is 10.1. The number of imide groups is 1. The quantitative estimate of drug-likeness (QED) is 0.756. The number of amides is 3. The van der Waals surface area contributed by atoms with Crippen LogP contribution in [-0.2, 0) is 22.7 Å². The van der Waals surface area contributed by atoms with Crippen molar-refractivity contribution >= 4 is 17.7 Å². The molecule has 4 rings (SSSR count). The number of rotatable bonds is 3. The van der Waals surface area contributed by atoms with Gasteiger partial charge in [-0.15, -0.1) is 0 Å². The lowest BCUT2D eigenvalue weighted by Crippen LogP contribution is -2.52. The lowest BCUT2D eigenvalue weighted by atomic mass is 10.0. The molecule has 1 aromatic rings. The molecule has 2 saturated heterocycles. The van der Waals surface area contributed by atoms with Crippen molar-refractivity contribution in [3.05, 3.63) is 34.9 Å². The summed E-state index contributed by atoms with van der Waals surface area (Å²) >= 11 is 0. The van der Waals surface area contributed by atoms with Crippen molar-refractivity contribution in [1.82, 2.24) is 20.4 Å². The molecule has 3 aliphatic rings. The molecular weight excluding hydrogens is 356 g/mol. The standard InChI is InChI=1S/C21H28N4O3/c1-13-8-22-9-14(2)24(10-13)11-15-4-3-5-16-12-25(21(28)19(15)16)17-6-7-18(26)23-20(17)27/h3-5,13-14,17,22H,6-12H2,1-2H3,(H,23,26,27). The summed E-state index contributed by atoms with van der Waals surface area (Å²) in [6, 6.07) is 5.83. The molecular formula is C21H28N4O3. The predicted molar refractivity (Wildman–Crippen MR) is 104 cm³/mol. The van der Waals surface area contributed by atoms with E-state index in [9.17, 15) is 14.4 Å². The maximum atomic E-state index is 13.2. The first-order chi connectivity index (χ1) is 13.4. The van der Waals surface area contributed by atoms with E-state index in [1.165, 1.54) is 0 Å². The second kappa shape index (κ2) is 7.64. The molecule has 3 heterocycles. The number of piperidine rings is 1. The van der Waals surface area contributed by atoms with Crippen LogP contribution >= 0.6 is 0 Å². The van der Waals surface area contributed by atoms with E-state index in [4.69, 9.17) is 0 Å². The van der Waals surface area contributed by atoms with Crippen LogP contribution in [0.4, 0.5) is 0 Å². The SMILES string of the molecule is CC1CNCC(C)N(Cc2cccc3c2C(=O)N(C2CCC(=O)NC2=O)C3)C1. The van der Waals surface area contributed by atoms with Gasteiger partial charge in [-0.2, -0.15) is 0 Å². The Bertz CT molecular complexity index is 809. The maximum absolute atomic E-state index is 13.2. The molecule has 3 amide bonds. The highest BCUT2D eigenvalue weighted by atomic mass is 16.2. The molecule has 1 aromatic carbocycles. The largest absolute Gasteiger partial charge is 0.322 e.